The summed E-state index contributed by atoms with van der Waals surface area (Å²) in [6, 6.07) is 5.00. The number of aromatic nitrogens is 1. The van der Waals surface area contributed by atoms with E-state index in [1.165, 1.54) is 6.07 Å². The second-order valence-electron chi connectivity index (χ2n) is 2.16. The van der Waals surface area contributed by atoms with Crippen LogP contribution in [0.3, 0.4) is 0 Å². The zero-order valence-electron chi connectivity index (χ0n) is 6.39. The first kappa shape index (κ1) is 8.05. The third-order valence-corrected chi connectivity index (χ3v) is 1.22. The van der Waals surface area contributed by atoms with Gasteiger partial charge in [0.15, 0.2) is 0 Å². The molecule has 0 aliphatic carbocycles. The van der Waals surface area contributed by atoms with E-state index < -0.39 is 0 Å². The molecule has 12 heavy (non-hydrogen) atoms. The fraction of sp³-hybridized carbons (Fsp3) is 0.143. The summed E-state index contributed by atoms with van der Waals surface area (Å²) in [5.41, 5.74) is 9.22. The lowest BCUT2D eigenvalue weighted by Gasteiger charge is -1.94. The highest BCUT2D eigenvalue weighted by Crippen LogP contribution is 2.11. The standard InChI is InChI=1S/C7H5N5/c1-5-2-6(4-8)3-7(10-5)11-12-9/h2-3H,1H3. The van der Waals surface area contributed by atoms with E-state index in [0.29, 0.717) is 11.3 Å². The van der Waals surface area contributed by atoms with Gasteiger partial charge in [0, 0.05) is 10.6 Å². The summed E-state index contributed by atoms with van der Waals surface area (Å²) in [5.74, 6) is 0.231. The highest BCUT2D eigenvalue weighted by molar-refractivity contribution is 5.40. The van der Waals surface area contributed by atoms with E-state index in [4.69, 9.17) is 10.8 Å². The van der Waals surface area contributed by atoms with Crippen LogP contribution in [-0.4, -0.2) is 4.98 Å². The lowest BCUT2D eigenvalue weighted by molar-refractivity contribution is 1.16. The first-order valence-electron chi connectivity index (χ1n) is 3.20. The van der Waals surface area contributed by atoms with E-state index in [9.17, 15) is 0 Å². The zero-order chi connectivity index (χ0) is 8.97. The molecule has 0 aliphatic heterocycles. The molecule has 0 aliphatic rings. The molecule has 0 spiro atoms. The van der Waals surface area contributed by atoms with Crippen molar-refractivity contribution in [3.8, 4) is 6.07 Å². The van der Waals surface area contributed by atoms with Crippen LogP contribution in [0.4, 0.5) is 5.82 Å². The lowest BCUT2D eigenvalue weighted by atomic mass is 10.2. The molecule has 0 fully saturated rings. The second kappa shape index (κ2) is 3.37. The van der Waals surface area contributed by atoms with E-state index in [1.54, 1.807) is 13.0 Å². The molecule has 1 rings (SSSR count). The smallest absolute Gasteiger partial charge is 0.128 e. The number of hydrogen-bond donors (Lipinski definition) is 0. The second-order valence-corrected chi connectivity index (χ2v) is 2.16. The van der Waals surface area contributed by atoms with Crippen molar-refractivity contribution < 1.29 is 0 Å². The van der Waals surface area contributed by atoms with Crippen LogP contribution >= 0.6 is 0 Å². The number of hydrogen-bond acceptors (Lipinski definition) is 3. The molecule has 0 atom stereocenters. The maximum absolute atomic E-state index is 8.54. The first-order valence-corrected chi connectivity index (χ1v) is 3.20. The van der Waals surface area contributed by atoms with E-state index >= 15 is 0 Å². The summed E-state index contributed by atoms with van der Waals surface area (Å²) in [7, 11) is 0. The zero-order valence-corrected chi connectivity index (χ0v) is 6.39. The van der Waals surface area contributed by atoms with Gasteiger partial charge in [-0.1, -0.05) is 0 Å². The van der Waals surface area contributed by atoms with Crippen LogP contribution in [0, 0.1) is 18.3 Å². The summed E-state index contributed by atoms with van der Waals surface area (Å²) in [6.07, 6.45) is 0. The molecule has 0 unspecified atom stereocenters. The summed E-state index contributed by atoms with van der Waals surface area (Å²) in [5, 5.41) is 11.8. The number of aryl methyl sites for hydroxylation is 1. The molecule has 0 bridgehead atoms. The topological polar surface area (TPSA) is 85.4 Å². The minimum Gasteiger partial charge on any atom is -0.251 e. The quantitative estimate of drug-likeness (QED) is 0.357. The Bertz CT molecular complexity index is 383. The van der Waals surface area contributed by atoms with Crippen LogP contribution in [0.15, 0.2) is 17.2 Å². The maximum Gasteiger partial charge on any atom is 0.128 e. The SMILES string of the molecule is Cc1cc(C#N)cc(N=[N+]=[N-])n1. The molecule has 0 amide bonds. The van der Waals surface area contributed by atoms with Crippen LogP contribution in [-0.2, 0) is 0 Å². The van der Waals surface area contributed by atoms with Gasteiger partial charge >= 0.3 is 0 Å². The fourth-order valence-corrected chi connectivity index (χ4v) is 0.813. The number of nitrogens with zero attached hydrogens (tertiary/aromatic N) is 5. The first-order chi connectivity index (χ1) is 5.76. The molecule has 1 aromatic rings. The molecule has 0 N–H and O–H groups in total. The Balaban J connectivity index is 3.25. The predicted molar refractivity (Wildman–Crippen MR) is 42.5 cm³/mol. The van der Waals surface area contributed by atoms with Gasteiger partial charge in [-0.15, -0.1) is 0 Å². The van der Waals surface area contributed by atoms with Gasteiger partial charge in [0.2, 0.25) is 0 Å². The fourth-order valence-electron chi connectivity index (χ4n) is 0.813. The van der Waals surface area contributed by atoms with Crippen LogP contribution in [0.25, 0.3) is 10.4 Å². The van der Waals surface area contributed by atoms with E-state index in [1.807, 2.05) is 6.07 Å². The van der Waals surface area contributed by atoms with Crippen molar-refractivity contribution in [2.75, 3.05) is 0 Å². The van der Waals surface area contributed by atoms with Crippen molar-refractivity contribution in [1.29, 1.82) is 5.26 Å². The van der Waals surface area contributed by atoms with Gasteiger partial charge in [-0.25, -0.2) is 0 Å². The molecule has 5 heteroatoms. The van der Waals surface area contributed by atoms with Crippen molar-refractivity contribution >= 4 is 5.82 Å². The number of rotatable bonds is 1. The summed E-state index contributed by atoms with van der Waals surface area (Å²) in [4.78, 5) is 6.48. The molecule has 0 radical (unpaired) electrons. The molecule has 0 aromatic carbocycles. The Hall–Kier alpha value is -2.05. The van der Waals surface area contributed by atoms with Gasteiger partial charge in [-0.2, -0.15) is 5.26 Å². The molecular formula is C7H5N5. The summed E-state index contributed by atoms with van der Waals surface area (Å²) in [6.45, 7) is 1.73. The van der Waals surface area contributed by atoms with Crippen molar-refractivity contribution in [3.05, 3.63) is 33.8 Å². The van der Waals surface area contributed by atoms with Crippen LogP contribution in [0.5, 0.6) is 0 Å². The third kappa shape index (κ3) is 1.72. The van der Waals surface area contributed by atoms with Gasteiger partial charge in [0.05, 0.1) is 11.6 Å². The van der Waals surface area contributed by atoms with Gasteiger partial charge in [0.25, 0.3) is 0 Å². The van der Waals surface area contributed by atoms with E-state index in [-0.39, 0.29) is 5.82 Å². The summed E-state index contributed by atoms with van der Waals surface area (Å²) >= 11 is 0. The molecule has 0 saturated heterocycles. The predicted octanol–water partition coefficient (Wildman–Crippen LogP) is 2.20. The highest BCUT2D eigenvalue weighted by Gasteiger charge is 1.96. The van der Waals surface area contributed by atoms with Crippen LogP contribution in [0.1, 0.15) is 11.3 Å². The Labute approximate surface area is 68.9 Å². The average Bonchev–Trinajstić information content (AvgIpc) is 2.04. The van der Waals surface area contributed by atoms with E-state index in [0.717, 1.165) is 0 Å². The minimum absolute atomic E-state index is 0.231. The molecule has 0 saturated carbocycles. The summed E-state index contributed by atoms with van der Waals surface area (Å²) < 4.78 is 0. The van der Waals surface area contributed by atoms with Gasteiger partial charge < -0.3 is 0 Å². The van der Waals surface area contributed by atoms with Crippen molar-refractivity contribution in [1.82, 2.24) is 4.98 Å². The molecule has 5 nitrogen and oxygen atoms in total. The molecule has 58 valence electrons. The Morgan fingerprint density at radius 2 is 2.42 bits per heavy atom. The Kier molecular flexibility index (Phi) is 2.26. The maximum atomic E-state index is 8.54. The van der Waals surface area contributed by atoms with Crippen molar-refractivity contribution in [2.24, 2.45) is 5.11 Å². The van der Waals surface area contributed by atoms with E-state index in [2.05, 4.69) is 15.0 Å². The lowest BCUT2D eigenvalue weighted by Crippen LogP contribution is -1.82. The van der Waals surface area contributed by atoms with Gasteiger partial charge in [-0.3, -0.25) is 4.98 Å². The number of nitriles is 1. The molecular weight excluding hydrogens is 154 g/mol. The normalized spacial score (nSPS) is 8.33. The monoisotopic (exact) mass is 159 g/mol. The largest absolute Gasteiger partial charge is 0.251 e. The van der Waals surface area contributed by atoms with Crippen LogP contribution < -0.4 is 0 Å². The Morgan fingerprint density at radius 3 is 3.00 bits per heavy atom. The van der Waals surface area contributed by atoms with Crippen molar-refractivity contribution in [2.45, 2.75) is 6.92 Å². The number of pyridine rings is 1. The van der Waals surface area contributed by atoms with Crippen LogP contribution in [0.2, 0.25) is 0 Å². The highest BCUT2D eigenvalue weighted by atomic mass is 15.2. The van der Waals surface area contributed by atoms with Crippen molar-refractivity contribution in [3.63, 3.8) is 0 Å². The van der Waals surface area contributed by atoms with Gasteiger partial charge in [0.1, 0.15) is 5.82 Å². The average molecular weight is 159 g/mol. The number of azide groups is 1. The molecule has 1 heterocycles. The minimum atomic E-state index is 0.231. The Morgan fingerprint density at radius 1 is 1.67 bits per heavy atom. The third-order valence-electron chi connectivity index (χ3n) is 1.22. The molecule has 1 aromatic heterocycles. The van der Waals surface area contributed by atoms with Gasteiger partial charge in [-0.05, 0) is 29.7 Å².